The van der Waals surface area contributed by atoms with Crippen molar-refractivity contribution in [1.29, 1.82) is 0 Å². The van der Waals surface area contributed by atoms with Crippen LogP contribution >= 0.6 is 0 Å². The number of carbonyl (C=O) groups excluding carboxylic acids is 1. The number of unbranched alkanes of at least 4 members (excludes halogenated alkanes) is 14. The molecule has 0 fully saturated rings. The summed E-state index contributed by atoms with van der Waals surface area (Å²) in [6, 6.07) is 9.88. The molecule has 0 aromatic heterocycles. The average molecular weight is 413 g/mol. The Kier molecular flexibility index (Phi) is 21.3. The second kappa shape index (κ2) is 21.9. The van der Waals surface area contributed by atoms with Crippen LogP contribution in [0.4, 0.5) is 0 Å². The molecule has 3 heteroatoms. The maximum Gasteiger partial charge on any atom is 2.00 e. The maximum atomic E-state index is 11.7. The van der Waals surface area contributed by atoms with E-state index in [9.17, 15) is 4.79 Å². The topological polar surface area (TPSA) is 26.3 Å². The van der Waals surface area contributed by atoms with Crippen molar-refractivity contribution in [3.8, 4) is 0 Å². The summed E-state index contributed by atoms with van der Waals surface area (Å²) >= 11 is 0. The molecule has 1 aromatic carbocycles. The van der Waals surface area contributed by atoms with Crippen LogP contribution in [-0.4, -0.2) is 29.0 Å². The van der Waals surface area contributed by atoms with Crippen molar-refractivity contribution in [3.05, 3.63) is 42.2 Å². The minimum atomic E-state index is -0.123. The summed E-state index contributed by atoms with van der Waals surface area (Å²) in [4.78, 5) is 11.7. The van der Waals surface area contributed by atoms with Gasteiger partial charge in [0.1, 0.15) is 0 Å². The second-order valence-electron chi connectivity index (χ2n) is 7.90. The van der Waals surface area contributed by atoms with Crippen molar-refractivity contribution in [2.75, 3.05) is 0 Å². The number of hydrogen-bond acceptors (Lipinski definition) is 2. The van der Waals surface area contributed by atoms with Gasteiger partial charge in [-0.2, -0.15) is 0 Å². The number of rotatable bonds is 18. The molecule has 0 saturated heterocycles. The summed E-state index contributed by atoms with van der Waals surface area (Å²) in [7, 11) is 0. The van der Waals surface area contributed by atoms with Gasteiger partial charge in [-0.15, -0.1) is 0 Å². The van der Waals surface area contributed by atoms with Crippen LogP contribution in [-0.2, 0) is 9.53 Å². The summed E-state index contributed by atoms with van der Waals surface area (Å²) in [6.45, 7) is 2.28. The third kappa shape index (κ3) is 18.9. The number of hydrogen-bond donors (Lipinski definition) is 0. The molecule has 0 amide bonds. The molecule has 0 aliphatic heterocycles. The minimum absolute atomic E-state index is 0. The van der Waals surface area contributed by atoms with E-state index in [0.29, 0.717) is 6.42 Å². The van der Waals surface area contributed by atoms with E-state index in [0.717, 1.165) is 18.4 Å². The zero-order valence-corrected chi connectivity index (χ0v) is 20.3. The Bertz CT molecular complexity index is 509. The SMILES string of the molecule is CCCCCCCCCCCCCCCCCC(=O)OC=Cc1ccccc1.[H-].[H-].[Mg+2]. The molecule has 29 heavy (non-hydrogen) atoms. The van der Waals surface area contributed by atoms with Gasteiger partial charge in [0.25, 0.3) is 0 Å². The van der Waals surface area contributed by atoms with E-state index >= 15 is 0 Å². The van der Waals surface area contributed by atoms with Gasteiger partial charge in [-0.05, 0) is 18.1 Å². The van der Waals surface area contributed by atoms with Gasteiger partial charge in [0, 0.05) is 6.42 Å². The first kappa shape index (κ1) is 28.2. The Morgan fingerprint density at radius 2 is 1.21 bits per heavy atom. The van der Waals surface area contributed by atoms with Crippen LogP contribution in [0.5, 0.6) is 0 Å². The van der Waals surface area contributed by atoms with E-state index in [1.54, 1.807) is 0 Å². The van der Waals surface area contributed by atoms with E-state index in [2.05, 4.69) is 6.92 Å². The van der Waals surface area contributed by atoms with E-state index in [-0.39, 0.29) is 31.9 Å². The monoisotopic (exact) mass is 412 g/mol. The Labute approximate surface area is 199 Å². The van der Waals surface area contributed by atoms with Crippen LogP contribution in [0.15, 0.2) is 36.6 Å². The summed E-state index contributed by atoms with van der Waals surface area (Å²) in [5, 5.41) is 0. The summed E-state index contributed by atoms with van der Waals surface area (Å²) < 4.78 is 5.15. The molecule has 0 atom stereocenters. The Balaban J connectivity index is -0.00000261. The van der Waals surface area contributed by atoms with Gasteiger partial charge in [-0.25, -0.2) is 0 Å². The van der Waals surface area contributed by atoms with Crippen LogP contribution in [0.1, 0.15) is 118 Å². The Morgan fingerprint density at radius 3 is 1.69 bits per heavy atom. The van der Waals surface area contributed by atoms with Gasteiger partial charge in [0.05, 0.1) is 6.26 Å². The van der Waals surface area contributed by atoms with Gasteiger partial charge in [-0.3, -0.25) is 4.79 Å². The molecular formula is C26H44MgO2. The van der Waals surface area contributed by atoms with Crippen molar-refractivity contribution < 1.29 is 12.4 Å². The van der Waals surface area contributed by atoms with Crippen LogP contribution in [0.3, 0.4) is 0 Å². The molecule has 0 unspecified atom stereocenters. The molecule has 0 aliphatic carbocycles. The van der Waals surface area contributed by atoms with Gasteiger partial charge in [-0.1, -0.05) is 127 Å². The molecule has 0 spiro atoms. The number of carbonyl (C=O) groups is 1. The van der Waals surface area contributed by atoms with Crippen molar-refractivity contribution in [1.82, 2.24) is 0 Å². The van der Waals surface area contributed by atoms with Crippen LogP contribution in [0, 0.1) is 0 Å². The largest absolute Gasteiger partial charge is 2.00 e. The first-order chi connectivity index (χ1) is 13.8. The molecule has 2 nitrogen and oxygen atoms in total. The smallest absolute Gasteiger partial charge is 1.00 e. The zero-order valence-electron chi connectivity index (χ0n) is 20.9. The third-order valence-electron chi connectivity index (χ3n) is 5.24. The van der Waals surface area contributed by atoms with Crippen LogP contribution in [0.2, 0.25) is 0 Å². The number of ether oxygens (including phenoxy) is 1. The second-order valence-corrected chi connectivity index (χ2v) is 7.90. The van der Waals surface area contributed by atoms with Crippen LogP contribution in [0.25, 0.3) is 6.08 Å². The minimum Gasteiger partial charge on any atom is -1.00 e. The molecule has 1 rings (SSSR count). The first-order valence-corrected chi connectivity index (χ1v) is 11.7. The standard InChI is InChI=1S/C26H42O2.Mg.2H/c1-2-3-4-5-6-7-8-9-10-11-12-13-14-15-19-22-26(27)28-24-23-25-20-17-16-18-21-25;;;/h16-18,20-21,23-24H,2-15,19,22H2,1H3;;;/q;+2;2*-1. The van der Waals surface area contributed by atoms with Gasteiger partial charge in [0.2, 0.25) is 0 Å². The van der Waals surface area contributed by atoms with Crippen molar-refractivity contribution in [2.45, 2.75) is 110 Å². The zero-order chi connectivity index (χ0) is 20.1. The quantitative estimate of drug-likeness (QED) is 0.105. The number of esters is 1. The molecule has 0 bridgehead atoms. The fourth-order valence-electron chi connectivity index (χ4n) is 3.45. The van der Waals surface area contributed by atoms with E-state index in [4.69, 9.17) is 4.74 Å². The fraction of sp³-hybridized carbons (Fsp3) is 0.654. The molecule has 0 N–H and O–H groups in total. The van der Waals surface area contributed by atoms with Crippen molar-refractivity contribution in [3.63, 3.8) is 0 Å². The van der Waals surface area contributed by atoms with E-state index in [1.807, 2.05) is 36.4 Å². The predicted octanol–water partition coefficient (Wildman–Crippen LogP) is 8.31. The Hall–Kier alpha value is -0.804. The molecule has 1 aromatic rings. The molecular weight excluding hydrogens is 369 g/mol. The average Bonchev–Trinajstić information content (AvgIpc) is 2.71. The molecule has 0 radical (unpaired) electrons. The summed E-state index contributed by atoms with van der Waals surface area (Å²) in [5.74, 6) is -0.123. The molecule has 0 saturated carbocycles. The van der Waals surface area contributed by atoms with Crippen LogP contribution < -0.4 is 0 Å². The van der Waals surface area contributed by atoms with Crippen molar-refractivity contribution >= 4 is 35.1 Å². The normalized spacial score (nSPS) is 10.8. The molecule has 0 aliphatic rings. The summed E-state index contributed by atoms with van der Waals surface area (Å²) in [6.07, 6.45) is 23.9. The molecule has 0 heterocycles. The van der Waals surface area contributed by atoms with Gasteiger partial charge >= 0.3 is 29.0 Å². The van der Waals surface area contributed by atoms with Gasteiger partial charge in [0.15, 0.2) is 0 Å². The van der Waals surface area contributed by atoms with Gasteiger partial charge < -0.3 is 7.59 Å². The summed E-state index contributed by atoms with van der Waals surface area (Å²) in [5.41, 5.74) is 1.04. The molecule has 162 valence electrons. The first-order valence-electron chi connectivity index (χ1n) is 11.7. The van der Waals surface area contributed by atoms with E-state index in [1.165, 1.54) is 89.7 Å². The maximum absolute atomic E-state index is 11.7. The van der Waals surface area contributed by atoms with E-state index < -0.39 is 0 Å². The van der Waals surface area contributed by atoms with Crippen molar-refractivity contribution in [2.24, 2.45) is 0 Å². The Morgan fingerprint density at radius 1 is 0.759 bits per heavy atom. The predicted molar refractivity (Wildman–Crippen MR) is 129 cm³/mol. The fourth-order valence-corrected chi connectivity index (χ4v) is 3.45. The number of benzene rings is 1. The third-order valence-corrected chi connectivity index (χ3v) is 5.24.